The fourth-order valence-electron chi connectivity index (χ4n) is 2.66. The first-order valence-electron chi connectivity index (χ1n) is 7.15. The van der Waals surface area contributed by atoms with E-state index in [-0.39, 0.29) is 27.8 Å². The van der Waals surface area contributed by atoms with Crippen molar-refractivity contribution >= 4 is 45.9 Å². The van der Waals surface area contributed by atoms with Gasteiger partial charge in [-0.3, -0.25) is 19.3 Å². The molecule has 0 atom stereocenters. The monoisotopic (exact) mass is 374 g/mol. The first-order chi connectivity index (χ1) is 12.0. The lowest BCUT2D eigenvalue weighted by molar-refractivity contribution is 0.0593. The van der Waals surface area contributed by atoms with Gasteiger partial charge in [-0.1, -0.05) is 40.5 Å². The molecule has 9 heteroatoms. The Bertz CT molecular complexity index is 1090. The number of fused-ring (bicyclic) bond motifs is 2. The summed E-state index contributed by atoms with van der Waals surface area (Å²) in [6.45, 7) is -0.349. The first-order valence-corrected chi connectivity index (χ1v) is 7.91. The predicted octanol–water partition coefficient (Wildman–Crippen LogP) is 2.35. The summed E-state index contributed by atoms with van der Waals surface area (Å²) in [4.78, 5) is 38.4. The number of nitrogens with zero attached hydrogens (tertiary/aromatic N) is 4. The lowest BCUT2D eigenvalue weighted by Gasteiger charge is -2.14. The Hall–Kier alpha value is -2.77. The molecular formula is C16H8Cl2N4O3. The molecule has 124 valence electrons. The number of imide groups is 1. The van der Waals surface area contributed by atoms with Gasteiger partial charge in [-0.2, -0.15) is 4.68 Å². The van der Waals surface area contributed by atoms with Crippen LogP contribution in [-0.2, 0) is 6.67 Å². The Kier molecular flexibility index (Phi) is 3.55. The van der Waals surface area contributed by atoms with Crippen molar-refractivity contribution < 1.29 is 9.59 Å². The van der Waals surface area contributed by atoms with Crippen LogP contribution in [0.4, 0.5) is 0 Å². The van der Waals surface area contributed by atoms with Crippen LogP contribution in [0.5, 0.6) is 0 Å². The second kappa shape index (κ2) is 5.65. The third kappa shape index (κ3) is 2.40. The number of carbonyl (C=O) groups excluding carboxylic acids is 2. The van der Waals surface area contributed by atoms with E-state index in [0.717, 1.165) is 9.58 Å². The van der Waals surface area contributed by atoms with E-state index in [1.165, 1.54) is 12.1 Å². The Morgan fingerprint density at radius 2 is 1.52 bits per heavy atom. The van der Waals surface area contributed by atoms with Gasteiger partial charge in [0, 0.05) is 0 Å². The average molecular weight is 375 g/mol. The lowest BCUT2D eigenvalue weighted by atomic mass is 10.1. The molecule has 0 spiro atoms. The van der Waals surface area contributed by atoms with Crippen molar-refractivity contribution in [3.8, 4) is 0 Å². The summed E-state index contributed by atoms with van der Waals surface area (Å²) in [5, 5.41) is 8.42. The number of benzene rings is 2. The number of hydrogen-bond donors (Lipinski definition) is 0. The molecule has 25 heavy (non-hydrogen) atoms. The van der Waals surface area contributed by atoms with E-state index < -0.39 is 17.4 Å². The van der Waals surface area contributed by atoms with Crippen LogP contribution < -0.4 is 5.56 Å². The number of aromatic nitrogens is 3. The van der Waals surface area contributed by atoms with E-state index in [9.17, 15) is 14.4 Å². The molecule has 0 N–H and O–H groups in total. The van der Waals surface area contributed by atoms with Crippen molar-refractivity contribution in [3.05, 3.63) is 67.9 Å². The van der Waals surface area contributed by atoms with Gasteiger partial charge in [0.15, 0.2) is 0 Å². The first kappa shape index (κ1) is 15.7. The summed E-state index contributed by atoms with van der Waals surface area (Å²) in [5.74, 6) is -1.14. The summed E-state index contributed by atoms with van der Waals surface area (Å²) >= 11 is 11.8. The summed E-state index contributed by atoms with van der Waals surface area (Å²) in [6, 6.07) is 9.37. The molecule has 3 aromatic rings. The molecular weight excluding hydrogens is 367 g/mol. The molecule has 1 aromatic heterocycles. The Morgan fingerprint density at radius 3 is 2.16 bits per heavy atom. The summed E-state index contributed by atoms with van der Waals surface area (Å²) < 4.78 is 0.966. The molecule has 0 unspecified atom stereocenters. The number of halogens is 2. The smallest absolute Gasteiger partial charge is 0.269 e. The number of amides is 2. The van der Waals surface area contributed by atoms with Crippen molar-refractivity contribution in [2.24, 2.45) is 0 Å². The second-order valence-electron chi connectivity index (χ2n) is 5.40. The standard InChI is InChI=1S/C16H8Cl2N4O3/c17-11-5-9-10(6-12(11)18)15(24)21(14(9)23)7-22-16(25)8-3-1-2-4-13(8)19-20-22/h1-6H,7H2. The molecule has 2 amide bonds. The normalized spacial score (nSPS) is 13.6. The third-order valence-electron chi connectivity index (χ3n) is 3.92. The van der Waals surface area contributed by atoms with Crippen molar-refractivity contribution in [1.82, 2.24) is 19.9 Å². The molecule has 1 aliphatic rings. The Balaban J connectivity index is 1.75. The fourth-order valence-corrected chi connectivity index (χ4v) is 2.99. The quantitative estimate of drug-likeness (QED) is 0.642. The largest absolute Gasteiger partial charge is 0.279 e. The van der Waals surface area contributed by atoms with Crippen LogP contribution in [0.2, 0.25) is 10.0 Å². The van der Waals surface area contributed by atoms with Gasteiger partial charge in [0.1, 0.15) is 12.2 Å². The highest BCUT2D eigenvalue weighted by molar-refractivity contribution is 6.43. The van der Waals surface area contributed by atoms with Crippen molar-refractivity contribution in [1.29, 1.82) is 0 Å². The van der Waals surface area contributed by atoms with Crippen LogP contribution in [0.15, 0.2) is 41.2 Å². The molecule has 0 saturated heterocycles. The van der Waals surface area contributed by atoms with E-state index in [4.69, 9.17) is 23.2 Å². The molecule has 0 aliphatic carbocycles. The zero-order chi connectivity index (χ0) is 17.7. The number of carbonyl (C=O) groups is 2. The SMILES string of the molecule is O=C1c2cc(Cl)c(Cl)cc2C(=O)N1Cn1nnc2ccccc2c1=O. The van der Waals surface area contributed by atoms with Crippen LogP contribution in [0, 0.1) is 0 Å². The minimum absolute atomic E-state index is 0.140. The van der Waals surface area contributed by atoms with Crippen LogP contribution in [0.3, 0.4) is 0 Å². The molecule has 1 aliphatic heterocycles. The minimum Gasteiger partial charge on any atom is -0.269 e. The highest BCUT2D eigenvalue weighted by Crippen LogP contribution is 2.31. The van der Waals surface area contributed by atoms with Crippen LogP contribution in [-0.4, -0.2) is 31.7 Å². The van der Waals surface area contributed by atoms with Gasteiger partial charge in [-0.05, 0) is 24.3 Å². The van der Waals surface area contributed by atoms with Crippen LogP contribution in [0.25, 0.3) is 10.9 Å². The second-order valence-corrected chi connectivity index (χ2v) is 6.22. The molecule has 0 bridgehead atoms. The van der Waals surface area contributed by atoms with E-state index in [1.54, 1.807) is 24.3 Å². The topological polar surface area (TPSA) is 85.2 Å². The Morgan fingerprint density at radius 1 is 0.920 bits per heavy atom. The zero-order valence-corrected chi connectivity index (χ0v) is 14.0. The molecule has 4 rings (SSSR count). The maximum absolute atomic E-state index is 12.5. The molecule has 7 nitrogen and oxygen atoms in total. The molecule has 2 heterocycles. The summed E-state index contributed by atoms with van der Waals surface area (Å²) in [5.41, 5.74) is 0.269. The highest BCUT2D eigenvalue weighted by atomic mass is 35.5. The van der Waals surface area contributed by atoms with E-state index in [2.05, 4.69) is 10.3 Å². The summed E-state index contributed by atoms with van der Waals surface area (Å²) in [7, 11) is 0. The van der Waals surface area contributed by atoms with Gasteiger partial charge in [0.25, 0.3) is 17.4 Å². The van der Waals surface area contributed by atoms with E-state index >= 15 is 0 Å². The Labute approximate surface area is 150 Å². The zero-order valence-electron chi connectivity index (χ0n) is 12.4. The van der Waals surface area contributed by atoms with Crippen molar-refractivity contribution in [2.45, 2.75) is 6.67 Å². The van der Waals surface area contributed by atoms with Gasteiger partial charge in [-0.15, -0.1) is 5.10 Å². The molecule has 0 radical (unpaired) electrons. The van der Waals surface area contributed by atoms with Crippen molar-refractivity contribution in [2.75, 3.05) is 0 Å². The summed E-state index contributed by atoms with van der Waals surface area (Å²) in [6.07, 6.45) is 0. The van der Waals surface area contributed by atoms with Gasteiger partial charge >= 0.3 is 0 Å². The number of hydrogen-bond acceptors (Lipinski definition) is 5. The van der Waals surface area contributed by atoms with Gasteiger partial charge in [-0.25, -0.2) is 0 Å². The van der Waals surface area contributed by atoms with E-state index in [0.29, 0.717) is 10.9 Å². The fraction of sp³-hybridized carbons (Fsp3) is 0.0625. The highest BCUT2D eigenvalue weighted by Gasteiger charge is 2.37. The maximum Gasteiger partial charge on any atom is 0.279 e. The van der Waals surface area contributed by atoms with E-state index in [1.807, 2.05) is 0 Å². The van der Waals surface area contributed by atoms with Gasteiger partial charge in [0.05, 0.1) is 26.6 Å². The third-order valence-corrected chi connectivity index (χ3v) is 4.64. The van der Waals surface area contributed by atoms with Gasteiger partial charge in [0.2, 0.25) is 0 Å². The molecule has 0 saturated carbocycles. The minimum atomic E-state index is -0.569. The molecule has 0 fully saturated rings. The van der Waals surface area contributed by atoms with Crippen LogP contribution >= 0.6 is 23.2 Å². The average Bonchev–Trinajstić information content (AvgIpc) is 2.82. The van der Waals surface area contributed by atoms with Crippen molar-refractivity contribution in [3.63, 3.8) is 0 Å². The lowest BCUT2D eigenvalue weighted by Crippen LogP contribution is -2.37. The maximum atomic E-state index is 12.5. The van der Waals surface area contributed by atoms with Crippen LogP contribution in [0.1, 0.15) is 20.7 Å². The predicted molar refractivity (Wildman–Crippen MR) is 90.8 cm³/mol. The molecule has 2 aromatic carbocycles. The van der Waals surface area contributed by atoms with Gasteiger partial charge < -0.3 is 0 Å². The number of rotatable bonds is 2.